The van der Waals surface area contributed by atoms with Gasteiger partial charge in [-0.05, 0) is 207 Å². The van der Waals surface area contributed by atoms with Crippen molar-refractivity contribution in [3.05, 3.63) is 298 Å². The maximum atomic E-state index is 12.7. The fourth-order valence-electron chi connectivity index (χ4n) is 12.1. The molecule has 30 heteroatoms. The highest BCUT2D eigenvalue weighted by Crippen LogP contribution is 2.35. The molecule has 0 aliphatic carbocycles. The van der Waals surface area contributed by atoms with Crippen LogP contribution in [0.5, 0.6) is 0 Å². The molecule has 0 spiro atoms. The number of hydrogen-bond donors (Lipinski definition) is 7. The SMILES string of the molecule is CN1CCN(c2ccc(C(=O)Nc3ccc(Cl)c(-c4ccccn4)c3)cc2)C(=O)C1.CS(=O)(=O)c1ccc(C(=O)Nc2ccc(Cl)c(-c3ccccn3)c2)c(N)c1.O=C(Nc1ccc(Cl)c(-c2ccccn2)c1)c1ccc(N2CCNCC2=O)cc1.O=C1CN(c2ccc(C(=O)Nc3ccc(Cl)c(-c4ccccn4)c3)cn2)CCN1. The Labute approximate surface area is 682 Å². The number of anilines is 8. The molecule has 8 heterocycles. The minimum Gasteiger partial charge on any atom is -0.398 e. The second kappa shape index (κ2) is 38.2. The summed E-state index contributed by atoms with van der Waals surface area (Å²) in [5.41, 5.74) is 17.3. The first-order chi connectivity index (χ1) is 55.5. The number of hydrogen-bond acceptors (Lipinski definition) is 18. The zero-order valence-corrected chi connectivity index (χ0v) is 65.6. The first-order valence-electron chi connectivity index (χ1n) is 35.8. The summed E-state index contributed by atoms with van der Waals surface area (Å²) in [6.07, 6.45) is 9.32. The summed E-state index contributed by atoms with van der Waals surface area (Å²) < 4.78 is 23.2. The van der Waals surface area contributed by atoms with Crippen molar-refractivity contribution in [2.75, 3.05) is 114 Å². The van der Waals surface area contributed by atoms with Gasteiger partial charge in [-0.25, -0.2) is 13.4 Å². The lowest BCUT2D eigenvalue weighted by Gasteiger charge is -2.32. The van der Waals surface area contributed by atoms with Crippen LogP contribution >= 0.6 is 46.4 Å². The number of rotatable bonds is 16. The third kappa shape index (κ3) is 21.7. The molecule has 0 bridgehead atoms. The predicted octanol–water partition coefficient (Wildman–Crippen LogP) is 14.1. The van der Waals surface area contributed by atoms with Gasteiger partial charge >= 0.3 is 0 Å². The maximum Gasteiger partial charge on any atom is 0.257 e. The van der Waals surface area contributed by atoms with Crippen LogP contribution in [0.2, 0.25) is 20.1 Å². The number of nitrogens with two attached hydrogens (primary N) is 1. The molecule has 3 aliphatic heterocycles. The van der Waals surface area contributed by atoms with E-state index in [4.69, 9.17) is 52.1 Å². The first-order valence-corrected chi connectivity index (χ1v) is 39.3. The number of nitrogens with one attached hydrogen (secondary N) is 6. The zero-order chi connectivity index (χ0) is 81.1. The molecule has 0 unspecified atom stereocenters. The summed E-state index contributed by atoms with van der Waals surface area (Å²) in [6.45, 7) is 5.09. The molecule has 0 saturated carbocycles. The number of benzene rings is 7. The minimum atomic E-state index is -3.40. The van der Waals surface area contributed by atoms with Gasteiger partial charge in [-0.1, -0.05) is 70.7 Å². The lowest BCUT2D eigenvalue weighted by molar-refractivity contribution is -0.121. The van der Waals surface area contributed by atoms with Gasteiger partial charge in [0.15, 0.2) is 9.84 Å². The molecule has 25 nitrogen and oxygen atoms in total. The van der Waals surface area contributed by atoms with E-state index in [1.807, 2.05) is 83.6 Å². The molecule has 15 rings (SSSR count). The number of carbonyl (C=O) groups excluding carboxylic acids is 7. The topological polar surface area (TPSA) is 329 Å². The Morgan fingerprint density at radius 1 is 0.435 bits per heavy atom. The van der Waals surface area contributed by atoms with Crippen molar-refractivity contribution >= 4 is 143 Å². The summed E-state index contributed by atoms with van der Waals surface area (Å²) in [6, 6.07) is 64.6. The number of nitrogens with zero attached hydrogens (tertiary/aromatic N) is 9. The van der Waals surface area contributed by atoms with E-state index in [2.05, 4.69) is 56.8 Å². The quantitative estimate of drug-likeness (QED) is 0.0442. The van der Waals surface area contributed by atoms with E-state index in [0.29, 0.717) is 116 Å². The smallest absolute Gasteiger partial charge is 0.257 e. The molecule has 0 radical (unpaired) electrons. The average Bonchev–Trinajstić information content (AvgIpc) is 0.825. The monoisotopic (exact) mass is 1630 g/mol. The number of nitrogen functional groups attached to an aromatic ring is 1. The van der Waals surface area contributed by atoms with Gasteiger partial charge in [0, 0.05) is 150 Å². The number of carbonyl (C=O) groups is 7. The van der Waals surface area contributed by atoms with Gasteiger partial charge in [0.25, 0.3) is 23.6 Å². The van der Waals surface area contributed by atoms with E-state index in [-0.39, 0.29) is 58.1 Å². The van der Waals surface area contributed by atoms with Crippen LogP contribution in [0.4, 0.5) is 45.6 Å². The van der Waals surface area contributed by atoms with Crippen molar-refractivity contribution in [1.29, 1.82) is 0 Å². The average molecular weight is 1640 g/mol. The molecule has 8 N–H and O–H groups in total. The maximum absolute atomic E-state index is 12.7. The number of likely N-dealkylation sites (N-methyl/N-ethyl adjacent to an activating group) is 1. The van der Waals surface area contributed by atoms with Crippen LogP contribution in [0.1, 0.15) is 41.4 Å². The van der Waals surface area contributed by atoms with E-state index in [0.717, 1.165) is 64.5 Å². The normalized spacial score (nSPS) is 13.4. The van der Waals surface area contributed by atoms with E-state index in [9.17, 15) is 42.0 Å². The molecule has 115 heavy (non-hydrogen) atoms. The third-order valence-corrected chi connectivity index (χ3v) is 20.5. The van der Waals surface area contributed by atoms with Crippen LogP contribution in [0.15, 0.2) is 260 Å². The van der Waals surface area contributed by atoms with Gasteiger partial charge in [-0.15, -0.1) is 0 Å². The largest absolute Gasteiger partial charge is 0.398 e. The molecule has 7 aromatic carbocycles. The van der Waals surface area contributed by atoms with Crippen molar-refractivity contribution in [2.24, 2.45) is 0 Å². The van der Waals surface area contributed by atoms with Gasteiger partial charge in [0.05, 0.1) is 78.5 Å². The molecule has 5 aromatic heterocycles. The van der Waals surface area contributed by atoms with Crippen LogP contribution in [0.3, 0.4) is 0 Å². The fraction of sp³-hybridized carbons (Fsp3) is 0.129. The molecule has 582 valence electrons. The van der Waals surface area contributed by atoms with Crippen LogP contribution < -0.4 is 52.3 Å². The van der Waals surface area contributed by atoms with E-state index in [1.54, 1.807) is 174 Å². The van der Waals surface area contributed by atoms with Crippen LogP contribution in [-0.4, -0.2) is 152 Å². The second-order valence-electron chi connectivity index (χ2n) is 26.3. The Bertz CT molecular complexity index is 5660. The summed E-state index contributed by atoms with van der Waals surface area (Å²) in [5.74, 6) is -0.498. The molecule has 3 saturated heterocycles. The van der Waals surface area contributed by atoms with E-state index < -0.39 is 15.7 Å². The van der Waals surface area contributed by atoms with Crippen LogP contribution in [0, 0.1) is 0 Å². The number of piperazine rings is 3. The highest BCUT2D eigenvalue weighted by molar-refractivity contribution is 7.90. The Balaban J connectivity index is 0.000000142. The summed E-state index contributed by atoms with van der Waals surface area (Å²) in [5, 5.41) is 19.4. The Morgan fingerprint density at radius 3 is 1.23 bits per heavy atom. The summed E-state index contributed by atoms with van der Waals surface area (Å²) >= 11 is 25.1. The van der Waals surface area contributed by atoms with Crippen LogP contribution in [-0.2, 0) is 24.2 Å². The third-order valence-electron chi connectivity index (χ3n) is 18.1. The molecule has 3 fully saturated rings. The number of aromatic nitrogens is 5. The first kappa shape index (κ1) is 81.7. The molecule has 0 atom stereocenters. The molecule has 7 amide bonds. The van der Waals surface area contributed by atoms with Crippen molar-refractivity contribution in [2.45, 2.75) is 4.90 Å². The summed E-state index contributed by atoms with van der Waals surface area (Å²) in [4.78, 5) is 115. The van der Waals surface area contributed by atoms with Crippen molar-refractivity contribution in [1.82, 2.24) is 40.5 Å². The zero-order valence-electron chi connectivity index (χ0n) is 61.8. The number of amides is 7. The lowest BCUT2D eigenvalue weighted by atomic mass is 10.1. The standard InChI is InChI=1S/C23H21ClN4O2.C22H19ClN4O2.C21H18ClN5O2.C19H16ClN3O3S/c1-27-12-13-28(22(29)15-27)18-8-5-16(6-9-18)23(30)26-17-7-10-20(24)19(14-17)21-4-2-3-11-25-21;23-19-9-6-16(13-18(19)20-3-1-2-10-25-20)26-22(29)15-4-7-17(8-5-15)27-12-11-24-14-21(27)28;22-17-6-5-15(11-16(17)18-3-1-2-8-23-18)26-21(29)14-4-7-19(25-12-14)27-10-9-24-20(28)13-27;1-27(25,26)13-6-7-14(17(21)11-13)19(24)23-12-5-8-16(20)15(10-12)18-4-2-3-9-22-18/h2-11,14H,12-13,15H2,1H3,(H,26,30);1-10,13,24H,11-12,14H2,(H,26,29);1-8,11-12H,9-10,13H2,(H,24,28)(H,26,29);2-11H,21H2,1H3,(H,23,24). The highest BCUT2D eigenvalue weighted by Gasteiger charge is 2.25. The lowest BCUT2D eigenvalue weighted by Crippen LogP contribution is -2.48. The summed E-state index contributed by atoms with van der Waals surface area (Å²) in [7, 11) is -1.47. The fourth-order valence-corrected chi connectivity index (χ4v) is 13.7. The molecule has 12 aromatic rings. The molecular weight excluding hydrogens is 1560 g/mol. The molecular formula is C85H74Cl4N16O9S. The number of halogens is 4. The second-order valence-corrected chi connectivity index (χ2v) is 29.9. The number of sulfone groups is 1. The van der Waals surface area contributed by atoms with Crippen molar-refractivity contribution < 1.29 is 42.0 Å². The van der Waals surface area contributed by atoms with Crippen molar-refractivity contribution in [3.8, 4) is 45.0 Å². The predicted molar refractivity (Wildman–Crippen MR) is 452 cm³/mol. The van der Waals surface area contributed by atoms with Gasteiger partial charge in [-0.3, -0.25) is 58.4 Å². The molecule has 3 aliphatic rings. The van der Waals surface area contributed by atoms with E-state index in [1.165, 1.54) is 24.4 Å². The van der Waals surface area contributed by atoms with Gasteiger partial charge < -0.3 is 52.3 Å². The number of pyridine rings is 5. The van der Waals surface area contributed by atoms with Crippen LogP contribution in [0.25, 0.3) is 45.0 Å². The Morgan fingerprint density at radius 2 is 0.852 bits per heavy atom. The Hall–Kier alpha value is -12.8. The van der Waals surface area contributed by atoms with Crippen molar-refractivity contribution in [3.63, 3.8) is 0 Å². The van der Waals surface area contributed by atoms with E-state index >= 15 is 0 Å². The van der Waals surface area contributed by atoms with Gasteiger partial charge in [-0.2, -0.15) is 0 Å². The van der Waals surface area contributed by atoms with Gasteiger partial charge in [0.2, 0.25) is 17.7 Å². The highest BCUT2D eigenvalue weighted by atomic mass is 35.5. The van der Waals surface area contributed by atoms with Gasteiger partial charge in [0.1, 0.15) is 5.82 Å². The minimum absolute atomic E-state index is 0.0247. The Kier molecular flexibility index (Phi) is 27.1.